The molecule has 0 radical (unpaired) electrons. The van der Waals surface area contributed by atoms with Gasteiger partial charge in [-0.2, -0.15) is 5.26 Å². The number of piperidine rings is 1. The van der Waals surface area contributed by atoms with Crippen LogP contribution in [0.5, 0.6) is 0 Å². The van der Waals surface area contributed by atoms with Crippen molar-refractivity contribution in [3.63, 3.8) is 0 Å². The molecule has 0 saturated carbocycles. The Morgan fingerprint density at radius 2 is 2.16 bits per heavy atom. The Labute approximate surface area is 186 Å². The Bertz CT molecular complexity index is 974. The second kappa shape index (κ2) is 9.94. The van der Waals surface area contributed by atoms with Crippen LogP contribution in [-0.2, 0) is 22.7 Å². The topological polar surface area (TPSA) is 80.4 Å². The second-order valence-corrected chi connectivity index (χ2v) is 15.4. The molecule has 7 nitrogen and oxygen atoms in total. The molecule has 0 bridgehead atoms. The number of nitrogens with zero attached hydrogens (tertiary/aromatic N) is 4. The average Bonchev–Trinajstić information content (AvgIpc) is 3.08. The SMILES string of the molecule is COC(=O)c1cc(CN2CCC[C@H](C)C2)c2c(n1)c(C#N)cn2COCC[Si](C)(C)C. The van der Waals surface area contributed by atoms with E-state index in [0.29, 0.717) is 36.9 Å². The van der Waals surface area contributed by atoms with Crippen molar-refractivity contribution in [2.45, 2.75) is 58.7 Å². The molecule has 1 saturated heterocycles. The zero-order chi connectivity index (χ0) is 22.6. The van der Waals surface area contributed by atoms with E-state index in [4.69, 9.17) is 9.47 Å². The molecular weight excluding hydrogens is 408 g/mol. The number of carbonyl (C=O) groups excluding carboxylic acids is 1. The molecule has 1 aliphatic rings. The summed E-state index contributed by atoms with van der Waals surface area (Å²) in [7, 11) is 0.171. The number of hydrogen-bond acceptors (Lipinski definition) is 6. The van der Waals surface area contributed by atoms with Crippen molar-refractivity contribution in [3.05, 3.63) is 29.1 Å². The average molecular weight is 443 g/mol. The van der Waals surface area contributed by atoms with Crippen molar-refractivity contribution in [1.82, 2.24) is 14.5 Å². The first-order valence-electron chi connectivity index (χ1n) is 11.0. The lowest BCUT2D eigenvalue weighted by molar-refractivity contribution is 0.0594. The fourth-order valence-electron chi connectivity index (χ4n) is 4.11. The summed E-state index contributed by atoms with van der Waals surface area (Å²) in [5, 5.41) is 9.70. The van der Waals surface area contributed by atoms with E-state index in [1.165, 1.54) is 20.0 Å². The van der Waals surface area contributed by atoms with E-state index >= 15 is 0 Å². The maximum absolute atomic E-state index is 12.3. The van der Waals surface area contributed by atoms with Crippen molar-refractivity contribution < 1.29 is 14.3 Å². The second-order valence-electron chi connectivity index (χ2n) is 9.81. The molecule has 3 heterocycles. The molecule has 3 rings (SSSR count). The number of nitriles is 1. The Hall–Kier alpha value is -2.21. The van der Waals surface area contributed by atoms with Crippen LogP contribution in [0.25, 0.3) is 11.0 Å². The van der Waals surface area contributed by atoms with Crippen LogP contribution in [0.1, 0.15) is 41.4 Å². The van der Waals surface area contributed by atoms with E-state index in [1.807, 2.05) is 10.6 Å². The summed E-state index contributed by atoms with van der Waals surface area (Å²) >= 11 is 0. The monoisotopic (exact) mass is 442 g/mol. The molecule has 1 atom stereocenters. The predicted molar refractivity (Wildman–Crippen MR) is 124 cm³/mol. The van der Waals surface area contributed by atoms with Crippen LogP contribution in [0.2, 0.25) is 25.7 Å². The number of pyridine rings is 1. The minimum absolute atomic E-state index is 0.240. The minimum Gasteiger partial charge on any atom is -0.464 e. The summed E-state index contributed by atoms with van der Waals surface area (Å²) in [4.78, 5) is 19.2. The maximum atomic E-state index is 12.3. The van der Waals surface area contributed by atoms with Crippen LogP contribution < -0.4 is 0 Å². The van der Waals surface area contributed by atoms with E-state index in [1.54, 1.807) is 6.20 Å². The molecule has 31 heavy (non-hydrogen) atoms. The van der Waals surface area contributed by atoms with Gasteiger partial charge in [0.15, 0.2) is 0 Å². The van der Waals surface area contributed by atoms with Crippen LogP contribution in [0, 0.1) is 17.2 Å². The van der Waals surface area contributed by atoms with Crippen molar-refractivity contribution in [2.24, 2.45) is 5.92 Å². The smallest absolute Gasteiger partial charge is 0.356 e. The van der Waals surface area contributed by atoms with Gasteiger partial charge in [0.05, 0.1) is 18.2 Å². The van der Waals surface area contributed by atoms with Crippen molar-refractivity contribution in [3.8, 4) is 6.07 Å². The molecule has 0 N–H and O–H groups in total. The molecule has 0 spiro atoms. The van der Waals surface area contributed by atoms with E-state index < -0.39 is 14.0 Å². The maximum Gasteiger partial charge on any atom is 0.356 e. The number of methoxy groups -OCH3 is 1. The largest absolute Gasteiger partial charge is 0.464 e. The lowest BCUT2D eigenvalue weighted by Gasteiger charge is -2.31. The normalized spacial score (nSPS) is 17.6. The van der Waals surface area contributed by atoms with Crippen LogP contribution in [0.4, 0.5) is 0 Å². The third kappa shape index (κ3) is 5.94. The Morgan fingerprint density at radius 1 is 1.39 bits per heavy atom. The summed E-state index contributed by atoms with van der Waals surface area (Å²) in [6.45, 7) is 13.1. The molecule has 2 aromatic rings. The summed E-state index contributed by atoms with van der Waals surface area (Å²) in [5.74, 6) is 0.163. The zero-order valence-electron chi connectivity index (χ0n) is 19.4. The molecule has 168 valence electrons. The van der Waals surface area contributed by atoms with Gasteiger partial charge in [0.2, 0.25) is 0 Å². The van der Waals surface area contributed by atoms with Gasteiger partial charge >= 0.3 is 5.97 Å². The summed E-state index contributed by atoms with van der Waals surface area (Å²) < 4.78 is 12.9. The van der Waals surface area contributed by atoms with Gasteiger partial charge in [0, 0.05) is 34.0 Å². The predicted octanol–water partition coefficient (Wildman–Crippen LogP) is 4.24. The number of carbonyl (C=O) groups is 1. The standard InChI is InChI=1S/C23H34N4O3Si/c1-17-7-6-8-26(13-17)14-18-11-20(23(28)29-2)25-21-19(12-24)15-27(22(18)21)16-30-9-10-31(3,4)5/h11,15,17H,6-10,13-14,16H2,1-5H3/t17-/m0/s1. The highest BCUT2D eigenvalue weighted by Gasteiger charge is 2.23. The van der Waals surface area contributed by atoms with Crippen molar-refractivity contribution in [2.75, 3.05) is 26.8 Å². The number of aromatic nitrogens is 2. The summed E-state index contributed by atoms with van der Waals surface area (Å²) in [6.07, 6.45) is 4.20. The number of esters is 1. The highest BCUT2D eigenvalue weighted by Crippen LogP contribution is 2.27. The first kappa shape index (κ1) is 23.5. The first-order valence-corrected chi connectivity index (χ1v) is 14.7. The lowest BCUT2D eigenvalue weighted by atomic mass is 9.99. The van der Waals surface area contributed by atoms with E-state index in [-0.39, 0.29) is 5.69 Å². The fraction of sp³-hybridized carbons (Fsp3) is 0.609. The fourth-order valence-corrected chi connectivity index (χ4v) is 4.86. The molecular formula is C23H34N4O3Si. The van der Waals surface area contributed by atoms with Gasteiger partial charge < -0.3 is 14.0 Å². The van der Waals surface area contributed by atoms with Gasteiger partial charge in [-0.25, -0.2) is 9.78 Å². The Balaban J connectivity index is 1.97. The molecule has 2 aromatic heterocycles. The molecule has 0 amide bonds. The van der Waals surface area contributed by atoms with E-state index in [0.717, 1.165) is 30.2 Å². The molecule has 8 heteroatoms. The molecule has 0 aliphatic carbocycles. The van der Waals surface area contributed by atoms with E-state index in [2.05, 4.69) is 42.5 Å². The van der Waals surface area contributed by atoms with Gasteiger partial charge in [-0.15, -0.1) is 0 Å². The molecule has 1 aliphatic heterocycles. The lowest BCUT2D eigenvalue weighted by Crippen LogP contribution is -2.34. The number of fused-ring (bicyclic) bond motifs is 1. The van der Waals surface area contributed by atoms with E-state index in [9.17, 15) is 10.1 Å². The number of ether oxygens (including phenoxy) is 2. The van der Waals surface area contributed by atoms with Crippen LogP contribution in [0.15, 0.2) is 12.3 Å². The van der Waals surface area contributed by atoms with Gasteiger partial charge in [-0.3, -0.25) is 4.90 Å². The quantitative estimate of drug-likeness (QED) is 0.346. The Kier molecular flexibility index (Phi) is 7.52. The zero-order valence-corrected chi connectivity index (χ0v) is 20.4. The molecule has 0 unspecified atom stereocenters. The minimum atomic E-state index is -1.18. The van der Waals surface area contributed by atoms with Crippen molar-refractivity contribution >= 4 is 25.1 Å². The highest BCUT2D eigenvalue weighted by atomic mass is 28.3. The van der Waals surface area contributed by atoms with Gasteiger partial charge in [0.1, 0.15) is 24.0 Å². The summed E-state index contributed by atoms with van der Waals surface area (Å²) in [5.41, 5.74) is 3.08. The van der Waals surface area contributed by atoms with Gasteiger partial charge in [-0.1, -0.05) is 26.6 Å². The number of rotatable bonds is 8. The molecule has 1 fully saturated rings. The van der Waals surface area contributed by atoms with Crippen LogP contribution in [-0.4, -0.2) is 55.3 Å². The number of likely N-dealkylation sites (tertiary alicyclic amines) is 1. The highest BCUT2D eigenvalue weighted by molar-refractivity contribution is 6.76. The number of hydrogen-bond donors (Lipinski definition) is 0. The van der Waals surface area contributed by atoms with Crippen LogP contribution >= 0.6 is 0 Å². The van der Waals surface area contributed by atoms with Gasteiger partial charge in [-0.05, 0) is 43.0 Å². The van der Waals surface area contributed by atoms with Gasteiger partial charge in [0.25, 0.3) is 0 Å². The van der Waals surface area contributed by atoms with Crippen LogP contribution in [0.3, 0.4) is 0 Å². The molecule has 0 aromatic carbocycles. The third-order valence-electron chi connectivity index (χ3n) is 5.78. The Morgan fingerprint density at radius 3 is 2.81 bits per heavy atom. The van der Waals surface area contributed by atoms with Crippen molar-refractivity contribution in [1.29, 1.82) is 5.26 Å². The third-order valence-corrected chi connectivity index (χ3v) is 7.48. The summed E-state index contributed by atoms with van der Waals surface area (Å²) in [6, 6.07) is 5.13. The first-order chi connectivity index (χ1) is 14.7.